The highest BCUT2D eigenvalue weighted by molar-refractivity contribution is 6.39. The Labute approximate surface area is 131 Å². The van der Waals surface area contributed by atoms with Crippen LogP contribution in [0.4, 0.5) is 5.69 Å². The minimum absolute atomic E-state index is 0.238. The highest BCUT2D eigenvalue weighted by atomic mass is 16.3. The van der Waals surface area contributed by atoms with Gasteiger partial charge in [-0.05, 0) is 42.9 Å². The number of nitrogens with one attached hydrogen (secondary N) is 1. The van der Waals surface area contributed by atoms with E-state index >= 15 is 0 Å². The van der Waals surface area contributed by atoms with Gasteiger partial charge in [0.2, 0.25) is 0 Å². The van der Waals surface area contributed by atoms with E-state index in [1.54, 1.807) is 0 Å². The minimum Gasteiger partial charge on any atom is -0.391 e. The maximum atomic E-state index is 12.2. The van der Waals surface area contributed by atoms with Crippen LogP contribution in [0.25, 0.3) is 0 Å². The molecule has 0 spiro atoms. The summed E-state index contributed by atoms with van der Waals surface area (Å²) in [6.45, 7) is 4.83. The van der Waals surface area contributed by atoms with E-state index in [9.17, 15) is 14.7 Å². The second-order valence-electron chi connectivity index (χ2n) is 5.70. The van der Waals surface area contributed by atoms with E-state index in [1.807, 2.05) is 32.0 Å². The molecule has 1 aromatic carbocycles. The number of anilines is 1. The Balaban J connectivity index is 2.09. The van der Waals surface area contributed by atoms with E-state index < -0.39 is 17.9 Å². The molecular weight excluding hydrogens is 280 g/mol. The molecule has 0 saturated carbocycles. The topological polar surface area (TPSA) is 69.6 Å². The van der Waals surface area contributed by atoms with E-state index in [2.05, 4.69) is 5.32 Å². The Kier molecular flexibility index (Phi) is 5.55. The van der Waals surface area contributed by atoms with Crippen LogP contribution in [-0.4, -0.2) is 41.0 Å². The van der Waals surface area contributed by atoms with E-state index in [0.29, 0.717) is 18.7 Å². The van der Waals surface area contributed by atoms with Crippen molar-refractivity contribution in [3.63, 3.8) is 0 Å². The van der Waals surface area contributed by atoms with Gasteiger partial charge in [-0.15, -0.1) is 0 Å². The number of carbonyl (C=O) groups excluding carboxylic acids is 2. The largest absolute Gasteiger partial charge is 0.391 e. The predicted octanol–water partition coefficient (Wildman–Crippen LogP) is 1.73. The lowest BCUT2D eigenvalue weighted by Crippen LogP contribution is -2.46. The molecule has 0 aliphatic carbocycles. The first-order chi connectivity index (χ1) is 10.5. The fourth-order valence-corrected chi connectivity index (χ4v) is 2.73. The molecule has 2 amide bonds. The van der Waals surface area contributed by atoms with Crippen LogP contribution in [0.1, 0.15) is 37.8 Å². The molecule has 120 valence electrons. The van der Waals surface area contributed by atoms with Gasteiger partial charge in [0.25, 0.3) is 0 Å². The molecule has 1 heterocycles. The first kappa shape index (κ1) is 16.5. The number of aliphatic hydroxyl groups is 1. The molecule has 0 aromatic heterocycles. The Hall–Kier alpha value is -1.88. The molecule has 2 rings (SSSR count). The second-order valence-corrected chi connectivity index (χ2v) is 5.70. The molecule has 22 heavy (non-hydrogen) atoms. The molecule has 1 atom stereocenters. The third-order valence-corrected chi connectivity index (χ3v) is 4.09. The van der Waals surface area contributed by atoms with Crippen LogP contribution in [0, 0.1) is 0 Å². The molecule has 1 fully saturated rings. The summed E-state index contributed by atoms with van der Waals surface area (Å²) in [6.07, 6.45) is 2.55. The number of rotatable bonds is 3. The number of aliphatic hydroxyl groups excluding tert-OH is 1. The Bertz CT molecular complexity index is 557. The number of piperidine rings is 1. The summed E-state index contributed by atoms with van der Waals surface area (Å²) in [4.78, 5) is 25.8. The van der Waals surface area contributed by atoms with E-state index in [-0.39, 0.29) is 6.54 Å². The summed E-state index contributed by atoms with van der Waals surface area (Å²) in [5.74, 6) is -1.19. The van der Waals surface area contributed by atoms with E-state index in [1.165, 1.54) is 4.90 Å². The number of amides is 2. The van der Waals surface area contributed by atoms with Crippen molar-refractivity contribution in [2.45, 2.75) is 45.6 Å². The van der Waals surface area contributed by atoms with Gasteiger partial charge in [-0.25, -0.2) is 0 Å². The summed E-state index contributed by atoms with van der Waals surface area (Å²) >= 11 is 0. The maximum absolute atomic E-state index is 12.2. The third kappa shape index (κ3) is 3.85. The lowest BCUT2D eigenvalue weighted by atomic mass is 10.1. The standard InChI is InChI=1S/C17H24N2O3/c1-3-12-7-8-13(4-2)15(10-12)18-16(21)17(22)19-9-5-6-14(20)11-19/h7-8,10,14,20H,3-6,9,11H2,1-2H3,(H,18,21). The van der Waals surface area contributed by atoms with Gasteiger partial charge in [-0.2, -0.15) is 0 Å². The highest BCUT2D eigenvalue weighted by Gasteiger charge is 2.27. The monoisotopic (exact) mass is 304 g/mol. The fourth-order valence-electron chi connectivity index (χ4n) is 2.73. The van der Waals surface area contributed by atoms with Gasteiger partial charge in [0.05, 0.1) is 6.10 Å². The number of likely N-dealkylation sites (tertiary alicyclic amines) is 1. The van der Waals surface area contributed by atoms with Crippen LogP contribution in [0.5, 0.6) is 0 Å². The molecule has 1 saturated heterocycles. The molecule has 1 aromatic rings. The maximum Gasteiger partial charge on any atom is 0.313 e. The lowest BCUT2D eigenvalue weighted by Gasteiger charge is -2.29. The van der Waals surface area contributed by atoms with Crippen LogP contribution in [-0.2, 0) is 22.4 Å². The zero-order valence-corrected chi connectivity index (χ0v) is 13.3. The normalized spacial score (nSPS) is 18.1. The van der Waals surface area contributed by atoms with E-state index in [4.69, 9.17) is 0 Å². The van der Waals surface area contributed by atoms with Crippen molar-refractivity contribution >= 4 is 17.5 Å². The number of benzene rings is 1. The number of hydrogen-bond donors (Lipinski definition) is 2. The first-order valence-corrected chi connectivity index (χ1v) is 7.95. The Morgan fingerprint density at radius 2 is 2.09 bits per heavy atom. The smallest absolute Gasteiger partial charge is 0.313 e. The number of carbonyl (C=O) groups is 2. The predicted molar refractivity (Wildman–Crippen MR) is 85.6 cm³/mol. The van der Waals surface area contributed by atoms with Crippen LogP contribution >= 0.6 is 0 Å². The average molecular weight is 304 g/mol. The van der Waals surface area contributed by atoms with Gasteiger partial charge >= 0.3 is 11.8 Å². The number of nitrogens with zero attached hydrogens (tertiary/aromatic N) is 1. The van der Waals surface area contributed by atoms with Crippen molar-refractivity contribution in [1.82, 2.24) is 4.90 Å². The summed E-state index contributed by atoms with van der Waals surface area (Å²) in [5.41, 5.74) is 2.84. The zero-order chi connectivity index (χ0) is 16.1. The SMILES string of the molecule is CCc1ccc(CC)c(NC(=O)C(=O)N2CCCC(O)C2)c1. The molecular formula is C17H24N2O3. The molecule has 1 aliphatic heterocycles. The zero-order valence-electron chi connectivity index (χ0n) is 13.3. The van der Waals surface area contributed by atoms with Gasteiger partial charge in [0, 0.05) is 18.8 Å². The van der Waals surface area contributed by atoms with Crippen molar-refractivity contribution < 1.29 is 14.7 Å². The van der Waals surface area contributed by atoms with Gasteiger partial charge in [0.15, 0.2) is 0 Å². The molecule has 0 radical (unpaired) electrons. The van der Waals surface area contributed by atoms with Crippen molar-refractivity contribution in [2.24, 2.45) is 0 Å². The molecule has 1 aliphatic rings. The average Bonchev–Trinajstić information content (AvgIpc) is 2.53. The van der Waals surface area contributed by atoms with Crippen molar-refractivity contribution in [2.75, 3.05) is 18.4 Å². The summed E-state index contributed by atoms with van der Waals surface area (Å²) in [7, 11) is 0. The molecule has 2 N–H and O–H groups in total. The number of aryl methyl sites for hydroxylation is 2. The van der Waals surface area contributed by atoms with Crippen LogP contribution in [0.3, 0.4) is 0 Å². The van der Waals surface area contributed by atoms with Crippen LogP contribution in [0.15, 0.2) is 18.2 Å². The van der Waals surface area contributed by atoms with Gasteiger partial charge in [-0.3, -0.25) is 9.59 Å². The summed E-state index contributed by atoms with van der Waals surface area (Å²) < 4.78 is 0. The number of hydrogen-bond acceptors (Lipinski definition) is 3. The van der Waals surface area contributed by atoms with Crippen molar-refractivity contribution in [3.05, 3.63) is 29.3 Å². The molecule has 5 nitrogen and oxygen atoms in total. The molecule has 1 unspecified atom stereocenters. The molecule has 0 bridgehead atoms. The lowest BCUT2D eigenvalue weighted by molar-refractivity contribution is -0.145. The van der Waals surface area contributed by atoms with Gasteiger partial charge in [0.1, 0.15) is 0 Å². The van der Waals surface area contributed by atoms with Gasteiger partial charge < -0.3 is 15.3 Å². The summed E-state index contributed by atoms with van der Waals surface area (Å²) in [5, 5.41) is 12.4. The Morgan fingerprint density at radius 3 is 2.73 bits per heavy atom. The fraction of sp³-hybridized carbons (Fsp3) is 0.529. The number of β-amino-alcohol motifs (C(OH)–C–C–N with tert-alkyl or cyclic N) is 1. The second kappa shape index (κ2) is 7.40. The van der Waals surface area contributed by atoms with Crippen LogP contribution < -0.4 is 5.32 Å². The first-order valence-electron chi connectivity index (χ1n) is 7.95. The van der Waals surface area contributed by atoms with Crippen molar-refractivity contribution in [3.8, 4) is 0 Å². The van der Waals surface area contributed by atoms with Crippen LogP contribution in [0.2, 0.25) is 0 Å². The van der Waals surface area contributed by atoms with Gasteiger partial charge in [-0.1, -0.05) is 26.0 Å². The minimum atomic E-state index is -0.628. The van der Waals surface area contributed by atoms with Crippen molar-refractivity contribution in [1.29, 1.82) is 0 Å². The third-order valence-electron chi connectivity index (χ3n) is 4.09. The Morgan fingerprint density at radius 1 is 1.32 bits per heavy atom. The quantitative estimate of drug-likeness (QED) is 0.836. The summed E-state index contributed by atoms with van der Waals surface area (Å²) in [6, 6.07) is 5.95. The highest BCUT2D eigenvalue weighted by Crippen LogP contribution is 2.19. The molecule has 5 heteroatoms. The van der Waals surface area contributed by atoms with E-state index in [0.717, 1.165) is 30.4 Å².